The average Bonchev–Trinajstić information content (AvgIpc) is 3.44. The zero-order chi connectivity index (χ0) is 28.5. The summed E-state index contributed by atoms with van der Waals surface area (Å²) < 4.78 is 6.13. The lowest BCUT2D eigenvalue weighted by Gasteiger charge is -2.14. The van der Waals surface area contributed by atoms with E-state index < -0.39 is 0 Å². The predicted molar refractivity (Wildman–Crippen MR) is 177 cm³/mol. The highest BCUT2D eigenvalue weighted by atomic mass is 16.3. The number of fused-ring (bicyclic) bond motifs is 3. The van der Waals surface area contributed by atoms with Crippen molar-refractivity contribution in [3.05, 3.63) is 140 Å². The van der Waals surface area contributed by atoms with Gasteiger partial charge in [-0.15, -0.1) is 0 Å². The highest BCUT2D eigenvalue weighted by molar-refractivity contribution is 6.12. The Kier molecular flexibility index (Phi) is 6.54. The third-order valence-electron chi connectivity index (χ3n) is 7.65. The number of rotatable bonds is 6. The van der Waals surface area contributed by atoms with Crippen LogP contribution in [0.2, 0.25) is 0 Å². The van der Waals surface area contributed by atoms with E-state index >= 15 is 0 Å². The van der Waals surface area contributed by atoms with Crippen LogP contribution in [0.4, 0.5) is 5.69 Å². The average molecular weight is 541 g/mol. The van der Waals surface area contributed by atoms with E-state index in [0.717, 1.165) is 72.4 Å². The fourth-order valence-corrected chi connectivity index (χ4v) is 5.67. The molecule has 7 rings (SSSR count). The highest BCUT2D eigenvalue weighted by Crippen LogP contribution is 2.39. The first-order chi connectivity index (χ1) is 20.7. The number of pyridine rings is 1. The van der Waals surface area contributed by atoms with Gasteiger partial charge in [-0.05, 0) is 53.4 Å². The molecular formula is C39H28N2O. The van der Waals surface area contributed by atoms with Crippen molar-refractivity contribution in [2.24, 2.45) is 4.99 Å². The summed E-state index contributed by atoms with van der Waals surface area (Å²) in [7, 11) is 0. The first-order valence-electron chi connectivity index (χ1n) is 14.1. The molecule has 3 heteroatoms. The zero-order valence-corrected chi connectivity index (χ0v) is 23.3. The maximum absolute atomic E-state index is 6.13. The molecule has 0 atom stereocenters. The molecule has 0 bridgehead atoms. The van der Waals surface area contributed by atoms with E-state index in [4.69, 9.17) is 14.4 Å². The van der Waals surface area contributed by atoms with Crippen molar-refractivity contribution in [2.45, 2.75) is 6.92 Å². The second-order valence-electron chi connectivity index (χ2n) is 10.2. The molecule has 0 radical (unpaired) electrons. The summed E-state index contributed by atoms with van der Waals surface area (Å²) in [6, 6.07) is 44.0. The molecular weight excluding hydrogens is 512 g/mol. The molecule has 2 heterocycles. The molecule has 0 N–H and O–H groups in total. The summed E-state index contributed by atoms with van der Waals surface area (Å²) in [6.45, 7) is 6.04. The molecule has 0 aliphatic heterocycles. The summed E-state index contributed by atoms with van der Waals surface area (Å²) >= 11 is 0. The standard InChI is InChI=1S/C39H28N2O/c1-3-31-35(40-4-2)25-34(41-39(31)30-15-10-14-29(24-30)26-12-6-5-7-13-26)28-22-20-27(21-23-28)32-17-11-19-37-38(32)33-16-8-9-18-36(33)42-37/h3-25H,1H2,2H3. The Hall–Kier alpha value is -5.54. The van der Waals surface area contributed by atoms with Gasteiger partial charge in [0.25, 0.3) is 0 Å². The second kappa shape index (κ2) is 10.8. The fraction of sp³-hybridized carbons (Fsp3) is 0.0256. The van der Waals surface area contributed by atoms with Crippen molar-refractivity contribution in [1.82, 2.24) is 4.98 Å². The third-order valence-corrected chi connectivity index (χ3v) is 7.65. The molecule has 5 aromatic carbocycles. The fourth-order valence-electron chi connectivity index (χ4n) is 5.67. The van der Waals surface area contributed by atoms with Crippen molar-refractivity contribution in [3.8, 4) is 44.8 Å². The van der Waals surface area contributed by atoms with E-state index in [2.05, 4.69) is 97.6 Å². The molecule has 0 spiro atoms. The number of benzene rings is 5. The lowest BCUT2D eigenvalue weighted by Crippen LogP contribution is -1.94. The van der Waals surface area contributed by atoms with Gasteiger partial charge in [0.1, 0.15) is 11.2 Å². The van der Waals surface area contributed by atoms with E-state index in [1.165, 1.54) is 5.56 Å². The van der Waals surface area contributed by atoms with E-state index in [-0.39, 0.29) is 0 Å². The summed E-state index contributed by atoms with van der Waals surface area (Å²) in [5, 5.41) is 2.26. The molecule has 0 fully saturated rings. The molecule has 42 heavy (non-hydrogen) atoms. The molecule has 2 aromatic heterocycles. The number of hydrogen-bond donors (Lipinski definition) is 0. The van der Waals surface area contributed by atoms with E-state index in [1.54, 1.807) is 0 Å². The van der Waals surface area contributed by atoms with Gasteiger partial charge >= 0.3 is 0 Å². The Morgan fingerprint density at radius 3 is 2.14 bits per heavy atom. The smallest absolute Gasteiger partial charge is 0.136 e. The van der Waals surface area contributed by atoms with Crippen LogP contribution in [0.25, 0.3) is 72.8 Å². The van der Waals surface area contributed by atoms with Crippen molar-refractivity contribution >= 4 is 39.9 Å². The third kappa shape index (κ3) is 4.51. The quantitative estimate of drug-likeness (QED) is 0.197. The molecule has 3 nitrogen and oxygen atoms in total. The lowest BCUT2D eigenvalue weighted by atomic mass is 9.96. The van der Waals surface area contributed by atoms with Crippen LogP contribution in [0.15, 0.2) is 143 Å². The van der Waals surface area contributed by atoms with Gasteiger partial charge in [0.05, 0.1) is 17.1 Å². The Morgan fingerprint density at radius 1 is 0.643 bits per heavy atom. The largest absolute Gasteiger partial charge is 0.456 e. The Balaban J connectivity index is 1.34. The normalized spacial score (nSPS) is 11.5. The second-order valence-corrected chi connectivity index (χ2v) is 10.2. The van der Waals surface area contributed by atoms with Gasteiger partial charge < -0.3 is 4.42 Å². The summed E-state index contributed by atoms with van der Waals surface area (Å²) in [5.74, 6) is 0. The lowest BCUT2D eigenvalue weighted by molar-refractivity contribution is 0.669. The number of furan rings is 1. The van der Waals surface area contributed by atoms with Crippen LogP contribution < -0.4 is 0 Å². The van der Waals surface area contributed by atoms with Crippen molar-refractivity contribution < 1.29 is 4.42 Å². The van der Waals surface area contributed by atoms with Gasteiger partial charge in [0.2, 0.25) is 0 Å². The first-order valence-corrected chi connectivity index (χ1v) is 14.1. The van der Waals surface area contributed by atoms with Crippen LogP contribution in [0.5, 0.6) is 0 Å². The highest BCUT2D eigenvalue weighted by Gasteiger charge is 2.16. The summed E-state index contributed by atoms with van der Waals surface area (Å²) in [5.41, 5.74) is 11.9. The van der Waals surface area contributed by atoms with Crippen molar-refractivity contribution in [1.29, 1.82) is 0 Å². The number of aliphatic imine (C=N–C) groups is 1. The molecule has 0 unspecified atom stereocenters. The number of nitrogens with zero attached hydrogens (tertiary/aromatic N) is 2. The minimum absolute atomic E-state index is 0.844. The predicted octanol–water partition coefficient (Wildman–Crippen LogP) is 11.0. The first kappa shape index (κ1) is 25.4. The molecule has 0 aliphatic rings. The molecule has 0 aliphatic carbocycles. The maximum atomic E-state index is 6.13. The minimum atomic E-state index is 0.844. The van der Waals surface area contributed by atoms with Crippen LogP contribution in [-0.4, -0.2) is 11.2 Å². The Morgan fingerprint density at radius 2 is 1.33 bits per heavy atom. The molecule has 0 saturated carbocycles. The van der Waals surface area contributed by atoms with Crippen molar-refractivity contribution in [3.63, 3.8) is 0 Å². The SMILES string of the molecule is C=Cc1c(N=CC)cc(-c2ccc(-c3cccc4oc5ccccc5c34)cc2)nc1-c1cccc(-c2ccccc2)c1. The number of hydrogen-bond acceptors (Lipinski definition) is 3. The van der Waals surface area contributed by atoms with Crippen LogP contribution in [0.1, 0.15) is 12.5 Å². The van der Waals surface area contributed by atoms with Crippen LogP contribution >= 0.6 is 0 Å². The van der Waals surface area contributed by atoms with E-state index in [0.29, 0.717) is 0 Å². The van der Waals surface area contributed by atoms with Gasteiger partial charge in [-0.3, -0.25) is 4.99 Å². The maximum Gasteiger partial charge on any atom is 0.136 e. The molecule has 7 aromatic rings. The van der Waals surface area contributed by atoms with Gasteiger partial charge in [-0.2, -0.15) is 0 Å². The topological polar surface area (TPSA) is 38.4 Å². The Labute approximate surface area is 245 Å². The monoisotopic (exact) mass is 540 g/mol. The van der Waals surface area contributed by atoms with Gasteiger partial charge in [-0.1, -0.05) is 116 Å². The van der Waals surface area contributed by atoms with Gasteiger partial charge in [-0.25, -0.2) is 4.98 Å². The van der Waals surface area contributed by atoms with Crippen LogP contribution in [-0.2, 0) is 0 Å². The molecule has 0 saturated heterocycles. The van der Waals surface area contributed by atoms with E-state index in [9.17, 15) is 0 Å². The number of aromatic nitrogens is 1. The van der Waals surface area contributed by atoms with E-state index in [1.807, 2.05) is 55.6 Å². The molecule has 200 valence electrons. The van der Waals surface area contributed by atoms with Crippen LogP contribution in [0, 0.1) is 0 Å². The van der Waals surface area contributed by atoms with Gasteiger partial charge in [0.15, 0.2) is 0 Å². The van der Waals surface area contributed by atoms with Gasteiger partial charge in [0, 0.05) is 33.7 Å². The minimum Gasteiger partial charge on any atom is -0.456 e. The summed E-state index contributed by atoms with van der Waals surface area (Å²) in [6.07, 6.45) is 3.66. The van der Waals surface area contributed by atoms with Crippen molar-refractivity contribution in [2.75, 3.05) is 0 Å². The van der Waals surface area contributed by atoms with Crippen LogP contribution in [0.3, 0.4) is 0 Å². The zero-order valence-electron chi connectivity index (χ0n) is 23.3. The Bertz CT molecular complexity index is 2100. The molecule has 0 amide bonds. The summed E-state index contributed by atoms with van der Waals surface area (Å²) in [4.78, 5) is 9.89. The number of para-hydroxylation sites is 1.